The van der Waals surface area contributed by atoms with E-state index in [9.17, 15) is 9.59 Å². The Balaban J connectivity index is 0.000000174. The summed E-state index contributed by atoms with van der Waals surface area (Å²) in [5.41, 5.74) is 9.54. The van der Waals surface area contributed by atoms with Crippen molar-refractivity contribution in [2.24, 2.45) is 0 Å². The van der Waals surface area contributed by atoms with Crippen molar-refractivity contribution in [2.75, 3.05) is 24.9 Å². The second-order valence-corrected chi connectivity index (χ2v) is 17.4. The number of imidazole rings is 2. The fraction of sp³-hybridized carbons (Fsp3) is 0.259. The molecular weight excluding hydrogens is 881 g/mol. The first-order valence-corrected chi connectivity index (χ1v) is 23.4. The number of nitrogens with zero attached hydrogens (tertiary/aromatic N) is 10. The molecule has 0 saturated carbocycles. The van der Waals surface area contributed by atoms with E-state index >= 15 is 0 Å². The molecule has 356 valence electrons. The van der Waals surface area contributed by atoms with E-state index in [0.29, 0.717) is 11.6 Å². The topological polar surface area (TPSA) is 174 Å². The number of amides is 2. The monoisotopic (exact) mass is 936 g/mol. The van der Waals surface area contributed by atoms with Gasteiger partial charge in [0.25, 0.3) is 0 Å². The highest BCUT2D eigenvalue weighted by Gasteiger charge is 2.29. The van der Waals surface area contributed by atoms with Gasteiger partial charge >= 0.3 is 0 Å². The lowest BCUT2D eigenvalue weighted by Crippen LogP contribution is -2.19. The van der Waals surface area contributed by atoms with Crippen LogP contribution in [0.5, 0.6) is 11.5 Å². The van der Waals surface area contributed by atoms with Crippen LogP contribution in [0.3, 0.4) is 0 Å². The third kappa shape index (κ3) is 10.5. The molecule has 6 heterocycles. The van der Waals surface area contributed by atoms with E-state index in [4.69, 9.17) is 29.6 Å². The Kier molecular flexibility index (Phi) is 13.9. The molecule has 10 rings (SSSR count). The third-order valence-corrected chi connectivity index (χ3v) is 12.3. The molecule has 16 nitrogen and oxygen atoms in total. The minimum absolute atomic E-state index is 0.0806. The maximum atomic E-state index is 11.7. The summed E-state index contributed by atoms with van der Waals surface area (Å²) in [6.07, 6.45) is 19.3. The second-order valence-electron chi connectivity index (χ2n) is 17.4. The summed E-state index contributed by atoms with van der Waals surface area (Å²) >= 11 is 0. The predicted octanol–water partition coefficient (Wildman–Crippen LogP) is 9.67. The molecule has 2 amide bonds. The van der Waals surface area contributed by atoms with E-state index < -0.39 is 0 Å². The lowest BCUT2D eigenvalue weighted by Gasteiger charge is -2.24. The summed E-state index contributed by atoms with van der Waals surface area (Å²) in [7, 11) is 3.33. The lowest BCUT2D eigenvalue weighted by molar-refractivity contribution is -0.115. The molecule has 2 N–H and O–H groups in total. The Morgan fingerprint density at radius 2 is 1.03 bits per heavy atom. The van der Waals surface area contributed by atoms with Crippen LogP contribution in [-0.4, -0.2) is 74.7 Å². The normalized spacial score (nSPS) is 15.2. The molecule has 0 saturated heterocycles. The highest BCUT2D eigenvalue weighted by molar-refractivity contribution is 5.90. The van der Waals surface area contributed by atoms with Crippen molar-refractivity contribution < 1.29 is 19.1 Å². The van der Waals surface area contributed by atoms with E-state index in [1.54, 1.807) is 26.9 Å². The van der Waals surface area contributed by atoms with Gasteiger partial charge in [0.15, 0.2) is 11.6 Å². The van der Waals surface area contributed by atoms with Gasteiger partial charge in [-0.15, -0.1) is 0 Å². The van der Waals surface area contributed by atoms with E-state index in [2.05, 4.69) is 32.7 Å². The van der Waals surface area contributed by atoms with E-state index in [0.717, 1.165) is 118 Å². The molecule has 2 atom stereocenters. The number of aromatic nitrogens is 10. The molecule has 4 aromatic carbocycles. The van der Waals surface area contributed by atoms with Gasteiger partial charge in [0.05, 0.1) is 49.6 Å². The van der Waals surface area contributed by atoms with Gasteiger partial charge < -0.3 is 29.2 Å². The van der Waals surface area contributed by atoms with Crippen molar-refractivity contribution >= 4 is 47.5 Å². The number of fused-ring (bicyclic) bond motifs is 2. The predicted molar refractivity (Wildman–Crippen MR) is 271 cm³/mol. The maximum absolute atomic E-state index is 11.7. The zero-order chi connectivity index (χ0) is 48.7. The minimum atomic E-state index is -0.0806. The molecule has 0 radical (unpaired) electrons. The van der Waals surface area contributed by atoms with Crippen molar-refractivity contribution in [1.29, 1.82) is 0 Å². The van der Waals surface area contributed by atoms with Crippen molar-refractivity contribution in [3.05, 3.63) is 167 Å². The number of nitrogens with one attached hydrogen (secondary N) is 2. The van der Waals surface area contributed by atoms with E-state index in [-0.39, 0.29) is 23.7 Å². The van der Waals surface area contributed by atoms with Crippen molar-refractivity contribution in [1.82, 2.24) is 48.6 Å². The van der Waals surface area contributed by atoms with Gasteiger partial charge in [0.1, 0.15) is 23.1 Å². The number of hydrogen-bond acceptors (Lipinski definition) is 10. The fourth-order valence-corrected chi connectivity index (χ4v) is 9.15. The molecule has 2 aliphatic heterocycles. The highest BCUT2D eigenvalue weighted by atomic mass is 16.5. The number of carbonyl (C=O) groups excluding carboxylic acids is 2. The smallest absolute Gasteiger partial charge is 0.221 e. The van der Waals surface area contributed by atoms with Gasteiger partial charge in [0, 0.05) is 62.5 Å². The average Bonchev–Trinajstić information content (AvgIpc) is 4.19. The number of aryl methyl sites for hydroxylation is 4. The quantitative estimate of drug-likeness (QED) is 0.120. The Hall–Kier alpha value is -8.40. The molecule has 2 aliphatic rings. The first-order chi connectivity index (χ1) is 34.0. The Morgan fingerprint density at radius 1 is 0.600 bits per heavy atom. The first-order valence-electron chi connectivity index (χ1n) is 23.4. The number of benzene rings is 4. The van der Waals surface area contributed by atoms with E-state index in [1.807, 2.05) is 142 Å². The molecule has 8 aromatic rings. The van der Waals surface area contributed by atoms with E-state index in [1.165, 1.54) is 13.8 Å². The molecule has 0 unspecified atom stereocenters. The Morgan fingerprint density at radius 3 is 1.41 bits per heavy atom. The Labute approximate surface area is 406 Å². The van der Waals surface area contributed by atoms with Crippen LogP contribution in [-0.2, 0) is 22.7 Å². The van der Waals surface area contributed by atoms with Gasteiger partial charge in [-0.2, -0.15) is 10.2 Å². The zero-order valence-electron chi connectivity index (χ0n) is 40.2. The van der Waals surface area contributed by atoms with Gasteiger partial charge in [-0.3, -0.25) is 9.59 Å². The molecule has 4 aromatic heterocycles. The van der Waals surface area contributed by atoms with Gasteiger partial charge in [0.2, 0.25) is 11.8 Å². The number of rotatable bonds is 12. The molecule has 70 heavy (non-hydrogen) atoms. The summed E-state index contributed by atoms with van der Waals surface area (Å²) in [6, 6.07) is 27.9. The average molecular weight is 937 g/mol. The molecule has 0 spiro atoms. The van der Waals surface area contributed by atoms with Crippen LogP contribution in [0.15, 0.2) is 110 Å². The third-order valence-electron chi connectivity index (χ3n) is 12.3. The number of para-hydroxylation sites is 2. The van der Waals surface area contributed by atoms with Crippen molar-refractivity contribution in [2.45, 2.75) is 78.3 Å². The lowest BCUT2D eigenvalue weighted by atomic mass is 9.90. The standard InChI is InChI=1S/2C27H28N6O2/c2*1-18-16-32(17-28-18)24-12-10-20(15-25(24)35-3)11-13-26-30-27-22(8-6-14-33(27)31-26)21-7-4-5-9-23(21)29-19(2)34/h2*4-5,7,9-13,15-17,22H,6,8,14H2,1-3H3,(H,29,34)/b2*13-11+/t2*22-/m10/s1. The van der Waals surface area contributed by atoms with Crippen LogP contribution >= 0.6 is 0 Å². The maximum Gasteiger partial charge on any atom is 0.221 e. The largest absolute Gasteiger partial charge is 0.495 e. The molecule has 0 aliphatic carbocycles. The summed E-state index contributed by atoms with van der Waals surface area (Å²) in [6.45, 7) is 8.65. The van der Waals surface area contributed by atoms with Crippen LogP contribution in [0.1, 0.15) is 108 Å². The zero-order valence-corrected chi connectivity index (χ0v) is 40.2. The molecule has 0 fully saturated rings. The first kappa shape index (κ1) is 46.7. The van der Waals surface area contributed by atoms with Gasteiger partial charge in [-0.1, -0.05) is 60.7 Å². The Bertz CT molecular complexity index is 3010. The van der Waals surface area contributed by atoms with Crippen molar-refractivity contribution in [3.63, 3.8) is 0 Å². The van der Waals surface area contributed by atoms with Crippen molar-refractivity contribution in [3.8, 4) is 22.9 Å². The highest BCUT2D eigenvalue weighted by Crippen LogP contribution is 2.38. The van der Waals surface area contributed by atoms with Crippen LogP contribution in [0.25, 0.3) is 35.7 Å². The van der Waals surface area contributed by atoms with Crippen LogP contribution < -0.4 is 20.1 Å². The summed E-state index contributed by atoms with van der Waals surface area (Å²) in [5, 5.41) is 15.4. The van der Waals surface area contributed by atoms with Crippen LogP contribution in [0.4, 0.5) is 11.4 Å². The molecule has 0 bridgehead atoms. The number of methoxy groups -OCH3 is 2. The SMILES string of the molecule is COc1cc(/C=C/c2nc3n(n2)CCC[C@@H]3c2ccccc2NC(C)=O)ccc1-n1cnc(C)c1.COc1cc(/C=C/c2nc3n(n2)CCC[C@H]3c2ccccc2NC(C)=O)ccc1-n1cnc(C)c1. The van der Waals surface area contributed by atoms with Gasteiger partial charge in [-0.25, -0.2) is 29.3 Å². The minimum Gasteiger partial charge on any atom is -0.495 e. The summed E-state index contributed by atoms with van der Waals surface area (Å²) < 4.78 is 19.1. The number of anilines is 2. The second kappa shape index (κ2) is 20.9. The van der Waals surface area contributed by atoms with Gasteiger partial charge in [-0.05, 0) is 110 Å². The summed E-state index contributed by atoms with van der Waals surface area (Å²) in [5.74, 6) is 4.71. The fourth-order valence-electron chi connectivity index (χ4n) is 9.15. The van der Waals surface area contributed by atoms with Crippen LogP contribution in [0.2, 0.25) is 0 Å². The van der Waals surface area contributed by atoms with Crippen LogP contribution in [0, 0.1) is 13.8 Å². The number of carbonyl (C=O) groups is 2. The molecule has 16 heteroatoms. The number of ether oxygens (including phenoxy) is 2. The molecular formula is C54H56N12O4. The number of hydrogen-bond donors (Lipinski definition) is 2. The summed E-state index contributed by atoms with van der Waals surface area (Å²) in [4.78, 5) is 41.7.